The maximum absolute atomic E-state index is 11.1. The van der Waals surface area contributed by atoms with Gasteiger partial charge in [-0.2, -0.15) is 5.26 Å². The van der Waals surface area contributed by atoms with Crippen molar-refractivity contribution < 1.29 is 10.0 Å². The van der Waals surface area contributed by atoms with E-state index in [0.717, 1.165) is 16.7 Å². The number of hydrogen-bond donors (Lipinski definition) is 1. The minimum absolute atomic E-state index is 0.0233. The molecule has 5 nitrogen and oxygen atoms in total. The van der Waals surface area contributed by atoms with Crippen LogP contribution in [0.25, 0.3) is 11.1 Å². The molecule has 5 heteroatoms. The first-order valence-corrected chi connectivity index (χ1v) is 8.43. The summed E-state index contributed by atoms with van der Waals surface area (Å²) in [6.07, 6.45) is 0. The Morgan fingerprint density at radius 3 is 1.85 bits per heavy atom. The number of phenolic OH excluding ortho intramolecular Hbond substituents is 1. The maximum Gasteiger partial charge on any atom is 0.287 e. The second-order valence-corrected chi connectivity index (χ2v) is 8.52. The fraction of sp³-hybridized carbons (Fsp3) is 0.381. The number of nitrogens with zero attached hydrogens (tertiary/aromatic N) is 2. The fourth-order valence-electron chi connectivity index (χ4n) is 2.91. The third-order valence-corrected chi connectivity index (χ3v) is 4.37. The fourth-order valence-corrected chi connectivity index (χ4v) is 2.91. The molecule has 0 aliphatic rings. The Morgan fingerprint density at radius 1 is 0.962 bits per heavy atom. The highest BCUT2D eigenvalue weighted by Crippen LogP contribution is 2.42. The van der Waals surface area contributed by atoms with Crippen LogP contribution in [0, 0.1) is 21.4 Å². The molecule has 0 aliphatic carbocycles. The Hall–Kier alpha value is -2.87. The lowest BCUT2D eigenvalue weighted by molar-refractivity contribution is -0.385. The molecule has 0 atom stereocenters. The molecule has 0 aliphatic heterocycles. The number of nitriles is 1. The van der Waals surface area contributed by atoms with Crippen molar-refractivity contribution >= 4 is 5.69 Å². The normalized spacial score (nSPS) is 11.9. The lowest BCUT2D eigenvalue weighted by atomic mass is 9.77. The van der Waals surface area contributed by atoms with Gasteiger partial charge in [-0.15, -0.1) is 0 Å². The summed E-state index contributed by atoms with van der Waals surface area (Å²) in [6, 6.07) is 10.2. The van der Waals surface area contributed by atoms with Gasteiger partial charge >= 0.3 is 0 Å². The zero-order chi connectivity index (χ0) is 19.9. The molecule has 1 N–H and O–H groups in total. The third-order valence-electron chi connectivity index (χ3n) is 4.37. The summed E-state index contributed by atoms with van der Waals surface area (Å²) in [5.74, 6) is 0.274. The highest BCUT2D eigenvalue weighted by molar-refractivity contribution is 5.72. The molecular weight excluding hydrogens is 328 g/mol. The van der Waals surface area contributed by atoms with Gasteiger partial charge in [-0.25, -0.2) is 0 Å². The predicted octanol–water partition coefficient (Wildman–Crippen LogP) is 5.43. The van der Waals surface area contributed by atoms with E-state index in [-0.39, 0.29) is 27.8 Å². The average molecular weight is 352 g/mol. The quantitative estimate of drug-likeness (QED) is 0.576. The molecule has 136 valence electrons. The van der Waals surface area contributed by atoms with E-state index in [1.807, 2.05) is 59.7 Å². The Balaban J connectivity index is 2.79. The Morgan fingerprint density at radius 2 is 1.46 bits per heavy atom. The summed E-state index contributed by atoms with van der Waals surface area (Å²) in [4.78, 5) is 10.5. The van der Waals surface area contributed by atoms with Crippen LogP contribution in [0.5, 0.6) is 5.75 Å². The van der Waals surface area contributed by atoms with Gasteiger partial charge in [0.15, 0.2) is 0 Å². The van der Waals surface area contributed by atoms with E-state index < -0.39 is 4.92 Å². The van der Waals surface area contributed by atoms with Gasteiger partial charge in [0.1, 0.15) is 17.4 Å². The summed E-state index contributed by atoms with van der Waals surface area (Å²) in [5, 5.41) is 31.1. The number of rotatable bonds is 2. The largest absolute Gasteiger partial charge is 0.507 e. The summed E-state index contributed by atoms with van der Waals surface area (Å²) < 4.78 is 0. The molecule has 0 unspecified atom stereocenters. The van der Waals surface area contributed by atoms with E-state index in [1.165, 1.54) is 12.1 Å². The van der Waals surface area contributed by atoms with Crippen molar-refractivity contribution in [3.8, 4) is 22.9 Å². The predicted molar refractivity (Wildman–Crippen MR) is 102 cm³/mol. The number of nitro benzene ring substituents is 1. The van der Waals surface area contributed by atoms with Gasteiger partial charge in [0.05, 0.1) is 4.92 Å². The second-order valence-electron chi connectivity index (χ2n) is 8.52. The number of aromatic hydroxyl groups is 1. The van der Waals surface area contributed by atoms with E-state index in [4.69, 9.17) is 0 Å². The van der Waals surface area contributed by atoms with Crippen molar-refractivity contribution in [1.82, 2.24) is 0 Å². The Bertz CT molecular complexity index is 875. The molecule has 2 aromatic carbocycles. The SMILES string of the molecule is CC(C)(C)c1cc(-c2ccc([N+](=O)[O-])c(C#N)c2)cc(C(C)(C)C)c1O. The minimum atomic E-state index is -0.555. The Kier molecular flexibility index (Phi) is 4.83. The van der Waals surface area contributed by atoms with E-state index in [1.54, 1.807) is 6.07 Å². The molecule has 0 aromatic heterocycles. The molecule has 0 radical (unpaired) electrons. The lowest BCUT2D eigenvalue weighted by Crippen LogP contribution is -2.17. The van der Waals surface area contributed by atoms with E-state index in [0.29, 0.717) is 5.56 Å². The van der Waals surface area contributed by atoms with Crippen molar-refractivity contribution in [2.24, 2.45) is 0 Å². The maximum atomic E-state index is 11.1. The van der Waals surface area contributed by atoms with Gasteiger partial charge in [-0.05, 0) is 46.2 Å². The van der Waals surface area contributed by atoms with Crippen LogP contribution in [0.15, 0.2) is 30.3 Å². The highest BCUT2D eigenvalue weighted by atomic mass is 16.6. The second kappa shape index (κ2) is 6.45. The zero-order valence-corrected chi connectivity index (χ0v) is 16.0. The van der Waals surface area contributed by atoms with Crippen molar-refractivity contribution in [3.05, 3.63) is 57.1 Å². The van der Waals surface area contributed by atoms with E-state index in [9.17, 15) is 20.5 Å². The summed E-state index contributed by atoms with van der Waals surface area (Å²) in [7, 11) is 0. The molecule has 0 amide bonds. The molecular formula is C21H24N2O3. The highest BCUT2D eigenvalue weighted by Gasteiger charge is 2.27. The Labute approximate surface area is 154 Å². The number of phenols is 1. The van der Waals surface area contributed by atoms with Gasteiger partial charge in [0.25, 0.3) is 5.69 Å². The minimum Gasteiger partial charge on any atom is -0.507 e. The number of nitro groups is 1. The summed E-state index contributed by atoms with van der Waals surface area (Å²) >= 11 is 0. The van der Waals surface area contributed by atoms with E-state index >= 15 is 0 Å². The molecule has 2 rings (SSSR count). The van der Waals surface area contributed by atoms with E-state index in [2.05, 4.69) is 0 Å². The van der Waals surface area contributed by atoms with Gasteiger partial charge in [0.2, 0.25) is 0 Å². The smallest absolute Gasteiger partial charge is 0.287 e. The van der Waals surface area contributed by atoms with Gasteiger partial charge < -0.3 is 5.11 Å². The standard InChI is InChI=1S/C21H24N2O3/c1-20(2,3)16-10-14(11-17(19(16)24)21(4,5)6)13-7-8-18(23(25)26)15(9-13)12-22/h7-11,24H,1-6H3. The van der Waals surface area contributed by atoms with Crippen LogP contribution in [0.4, 0.5) is 5.69 Å². The summed E-state index contributed by atoms with van der Waals surface area (Å²) in [5.41, 5.74) is 2.40. The van der Waals surface area contributed by atoms with Crippen LogP contribution < -0.4 is 0 Å². The van der Waals surface area contributed by atoms with Crippen LogP contribution in [-0.2, 0) is 10.8 Å². The van der Waals surface area contributed by atoms with Crippen LogP contribution in [0.3, 0.4) is 0 Å². The molecule has 2 aromatic rings. The molecule has 26 heavy (non-hydrogen) atoms. The third kappa shape index (κ3) is 3.70. The monoisotopic (exact) mass is 352 g/mol. The average Bonchev–Trinajstić information content (AvgIpc) is 2.52. The number of benzene rings is 2. The molecule has 0 saturated heterocycles. The van der Waals surface area contributed by atoms with Crippen molar-refractivity contribution in [3.63, 3.8) is 0 Å². The van der Waals surface area contributed by atoms with Crippen molar-refractivity contribution in [2.75, 3.05) is 0 Å². The van der Waals surface area contributed by atoms with Gasteiger partial charge in [-0.1, -0.05) is 41.5 Å². The first-order chi connectivity index (χ1) is 11.9. The molecule has 0 spiro atoms. The first kappa shape index (κ1) is 19.5. The van der Waals surface area contributed by atoms with Gasteiger partial charge in [-0.3, -0.25) is 10.1 Å². The molecule has 0 bridgehead atoms. The first-order valence-electron chi connectivity index (χ1n) is 8.43. The topological polar surface area (TPSA) is 87.2 Å². The van der Waals surface area contributed by atoms with Crippen LogP contribution in [0.2, 0.25) is 0 Å². The zero-order valence-electron chi connectivity index (χ0n) is 16.0. The lowest BCUT2D eigenvalue weighted by Gasteiger charge is -2.28. The summed E-state index contributed by atoms with van der Waals surface area (Å²) in [6.45, 7) is 12.1. The number of hydrogen-bond acceptors (Lipinski definition) is 4. The molecule has 0 fully saturated rings. The van der Waals surface area contributed by atoms with Crippen LogP contribution in [0.1, 0.15) is 58.2 Å². The van der Waals surface area contributed by atoms with Crippen LogP contribution in [-0.4, -0.2) is 10.0 Å². The van der Waals surface area contributed by atoms with Gasteiger partial charge in [0, 0.05) is 17.2 Å². The van der Waals surface area contributed by atoms with Crippen molar-refractivity contribution in [1.29, 1.82) is 5.26 Å². The molecule has 0 saturated carbocycles. The molecule has 0 heterocycles. The van der Waals surface area contributed by atoms with Crippen LogP contribution >= 0.6 is 0 Å². The van der Waals surface area contributed by atoms with Crippen molar-refractivity contribution in [2.45, 2.75) is 52.4 Å².